The maximum absolute atomic E-state index is 10.8. The van der Waals surface area contributed by atoms with Crippen LogP contribution in [-0.4, -0.2) is 62.6 Å². The van der Waals surface area contributed by atoms with E-state index in [0.717, 1.165) is 0 Å². The van der Waals surface area contributed by atoms with E-state index in [1.54, 1.807) is 0 Å². The van der Waals surface area contributed by atoms with Gasteiger partial charge < -0.3 is 36.6 Å². The highest BCUT2D eigenvalue weighted by molar-refractivity contribution is 5.75. The van der Waals surface area contributed by atoms with Crippen LogP contribution in [0.1, 0.15) is 13.3 Å². The van der Waals surface area contributed by atoms with Crippen LogP contribution in [0.4, 0.5) is 0 Å². The summed E-state index contributed by atoms with van der Waals surface area (Å²) in [6.45, 7) is 1.38. The molecular weight excluding hydrogens is 232 g/mol. The molecule has 1 heterocycles. The van der Waals surface area contributed by atoms with Gasteiger partial charge in [0.25, 0.3) is 5.79 Å². The number of carbonyl (C=O) groups is 1. The fourth-order valence-electron chi connectivity index (χ4n) is 1.74. The van der Waals surface area contributed by atoms with E-state index >= 15 is 0 Å². The van der Waals surface area contributed by atoms with Gasteiger partial charge in [-0.1, -0.05) is 0 Å². The lowest BCUT2D eigenvalue weighted by molar-refractivity contribution is -0.279. The summed E-state index contributed by atoms with van der Waals surface area (Å²) in [4.78, 5) is 10.8. The molecule has 0 amide bonds. The van der Waals surface area contributed by atoms with Crippen LogP contribution in [0.5, 0.6) is 0 Å². The van der Waals surface area contributed by atoms with E-state index in [1.165, 1.54) is 6.92 Å². The van der Waals surface area contributed by atoms with Gasteiger partial charge in [-0.15, -0.1) is 0 Å². The molecule has 8 N–H and O–H groups in total. The van der Waals surface area contributed by atoms with Crippen molar-refractivity contribution < 1.29 is 30.0 Å². The molecule has 0 radical (unpaired) electrons. The van der Waals surface area contributed by atoms with Gasteiger partial charge in [-0.2, -0.15) is 0 Å². The smallest absolute Gasteiger partial charge is 0.364 e. The molecule has 0 aromatic heterocycles. The fraction of sp³-hybridized carbons (Fsp3) is 0.889. The maximum Gasteiger partial charge on any atom is 0.364 e. The number of rotatable bonds is 3. The molecule has 0 spiro atoms. The Balaban J connectivity index is 2.93. The highest BCUT2D eigenvalue weighted by Crippen LogP contribution is 2.28. The first-order valence-electron chi connectivity index (χ1n) is 5.20. The van der Waals surface area contributed by atoms with Crippen molar-refractivity contribution in [3.05, 3.63) is 0 Å². The molecule has 0 saturated carbocycles. The Morgan fingerprint density at radius 1 is 1.59 bits per heavy atom. The molecular formula is C9H18N2O6. The molecule has 1 saturated heterocycles. The SMILES string of the molecule is C[C@@H](O)[C@@H](N)C1OC(O)(C(=O)O)C[C@@H](O)[C@H]1N. The van der Waals surface area contributed by atoms with Crippen molar-refractivity contribution in [2.24, 2.45) is 11.5 Å². The minimum absolute atomic E-state index is 0.549. The molecule has 0 bridgehead atoms. The van der Waals surface area contributed by atoms with E-state index in [4.69, 9.17) is 21.3 Å². The number of aliphatic carboxylic acids is 1. The molecule has 1 aliphatic heterocycles. The molecule has 0 aromatic rings. The fourth-order valence-corrected chi connectivity index (χ4v) is 1.74. The van der Waals surface area contributed by atoms with Crippen LogP contribution in [0, 0.1) is 0 Å². The van der Waals surface area contributed by atoms with Gasteiger partial charge in [-0.05, 0) is 6.92 Å². The maximum atomic E-state index is 10.8. The van der Waals surface area contributed by atoms with Gasteiger partial charge in [0, 0.05) is 6.42 Å². The number of carboxylic acids is 1. The topological polar surface area (TPSA) is 159 Å². The molecule has 8 heteroatoms. The Kier molecular flexibility index (Phi) is 4.07. The van der Waals surface area contributed by atoms with Crippen molar-refractivity contribution in [3.63, 3.8) is 0 Å². The van der Waals surface area contributed by atoms with Gasteiger partial charge in [0.05, 0.1) is 30.4 Å². The normalized spacial score (nSPS) is 41.9. The molecule has 8 nitrogen and oxygen atoms in total. The van der Waals surface area contributed by atoms with Crippen LogP contribution in [0.15, 0.2) is 0 Å². The van der Waals surface area contributed by atoms with E-state index in [2.05, 4.69) is 0 Å². The second kappa shape index (κ2) is 4.84. The second-order valence-electron chi connectivity index (χ2n) is 4.34. The number of ether oxygens (including phenoxy) is 1. The number of hydrogen-bond acceptors (Lipinski definition) is 7. The monoisotopic (exact) mass is 250 g/mol. The van der Waals surface area contributed by atoms with Crippen LogP contribution in [0.2, 0.25) is 0 Å². The number of aliphatic hydroxyl groups excluding tert-OH is 2. The van der Waals surface area contributed by atoms with Crippen LogP contribution in [0.25, 0.3) is 0 Å². The number of nitrogens with two attached hydrogens (primary N) is 2. The highest BCUT2D eigenvalue weighted by atomic mass is 16.7. The van der Waals surface area contributed by atoms with Crippen molar-refractivity contribution in [2.75, 3.05) is 0 Å². The zero-order chi connectivity index (χ0) is 13.4. The summed E-state index contributed by atoms with van der Waals surface area (Å²) in [7, 11) is 0. The first kappa shape index (κ1) is 14.3. The van der Waals surface area contributed by atoms with Gasteiger partial charge in [0.15, 0.2) is 0 Å². The Morgan fingerprint density at radius 2 is 2.12 bits per heavy atom. The summed E-state index contributed by atoms with van der Waals surface area (Å²) in [5.74, 6) is -4.17. The molecule has 2 unspecified atom stereocenters. The first-order valence-corrected chi connectivity index (χ1v) is 5.20. The summed E-state index contributed by atoms with van der Waals surface area (Å²) < 4.78 is 4.93. The minimum Gasteiger partial charge on any atom is -0.477 e. The highest BCUT2D eigenvalue weighted by Gasteiger charge is 2.51. The second-order valence-corrected chi connectivity index (χ2v) is 4.34. The van der Waals surface area contributed by atoms with Gasteiger partial charge in [-0.25, -0.2) is 4.79 Å². The number of hydrogen-bond donors (Lipinski definition) is 6. The quantitative estimate of drug-likeness (QED) is 0.308. The molecule has 1 fully saturated rings. The van der Waals surface area contributed by atoms with Crippen LogP contribution < -0.4 is 11.5 Å². The number of aliphatic hydroxyl groups is 3. The summed E-state index contributed by atoms with van der Waals surface area (Å²) in [6, 6.07) is -1.98. The molecule has 0 aliphatic carbocycles. The van der Waals surface area contributed by atoms with E-state index in [-0.39, 0.29) is 0 Å². The average Bonchev–Trinajstić information content (AvgIpc) is 2.22. The van der Waals surface area contributed by atoms with Gasteiger partial charge in [-0.3, -0.25) is 0 Å². The lowest BCUT2D eigenvalue weighted by Crippen LogP contribution is -2.66. The van der Waals surface area contributed by atoms with Gasteiger partial charge in [0.2, 0.25) is 0 Å². The standard InChI is InChI=1S/C9H18N2O6/c1-3(12)5(10)7-6(11)4(13)2-9(16,17-7)8(14)15/h3-7,12-13,16H,2,10-11H2,1H3,(H,14,15)/t3-,4-,5-,6-,7?,9?/m1/s1. The first-order chi connectivity index (χ1) is 7.69. The largest absolute Gasteiger partial charge is 0.477 e. The molecule has 1 rings (SSSR count). The van der Waals surface area contributed by atoms with E-state index in [0.29, 0.717) is 0 Å². The van der Waals surface area contributed by atoms with Crippen LogP contribution in [0.3, 0.4) is 0 Å². The molecule has 1 aliphatic rings. The average molecular weight is 250 g/mol. The summed E-state index contributed by atoms with van der Waals surface area (Å²) >= 11 is 0. The van der Waals surface area contributed by atoms with Crippen LogP contribution in [-0.2, 0) is 9.53 Å². The van der Waals surface area contributed by atoms with Crippen molar-refractivity contribution >= 4 is 5.97 Å². The van der Waals surface area contributed by atoms with Gasteiger partial charge >= 0.3 is 5.97 Å². The predicted molar refractivity (Wildman–Crippen MR) is 55.7 cm³/mol. The molecule has 0 aromatic carbocycles. The number of carboxylic acid groups (broad SMARTS) is 1. The third-order valence-corrected chi connectivity index (χ3v) is 2.91. The molecule has 100 valence electrons. The Labute approximate surface area is 97.8 Å². The van der Waals surface area contributed by atoms with Gasteiger partial charge in [0.1, 0.15) is 0 Å². The van der Waals surface area contributed by atoms with Crippen molar-refractivity contribution in [1.29, 1.82) is 0 Å². The van der Waals surface area contributed by atoms with Crippen molar-refractivity contribution in [2.45, 2.75) is 49.5 Å². The lowest BCUT2D eigenvalue weighted by Gasteiger charge is -2.43. The predicted octanol–water partition coefficient (Wildman–Crippen LogP) is -3.06. The van der Waals surface area contributed by atoms with Crippen LogP contribution >= 0.6 is 0 Å². The summed E-state index contributed by atoms with van der Waals surface area (Å²) in [5.41, 5.74) is 11.2. The van der Waals surface area contributed by atoms with E-state index in [1.807, 2.05) is 0 Å². The lowest BCUT2D eigenvalue weighted by atomic mass is 9.89. The van der Waals surface area contributed by atoms with Crippen molar-refractivity contribution in [3.8, 4) is 0 Å². The Hall–Kier alpha value is -0.770. The Morgan fingerprint density at radius 3 is 2.53 bits per heavy atom. The molecule has 6 atom stereocenters. The summed E-state index contributed by atoms with van der Waals surface area (Å²) in [6.07, 6.45) is -4.00. The van der Waals surface area contributed by atoms with E-state index in [9.17, 15) is 20.1 Å². The third kappa shape index (κ3) is 2.73. The molecule has 17 heavy (non-hydrogen) atoms. The van der Waals surface area contributed by atoms with E-state index < -0.39 is 48.6 Å². The minimum atomic E-state index is -2.54. The zero-order valence-corrected chi connectivity index (χ0v) is 9.35. The summed E-state index contributed by atoms with van der Waals surface area (Å²) in [5, 5.41) is 37.4. The van der Waals surface area contributed by atoms with Crippen molar-refractivity contribution in [1.82, 2.24) is 0 Å². The third-order valence-electron chi connectivity index (χ3n) is 2.91. The Bertz CT molecular complexity index is 295. The zero-order valence-electron chi connectivity index (χ0n) is 9.35.